The average molecular weight is 317 g/mol. The standard InChI is InChI=1S/C20H19N3O/c1-13-10-11-19(20(12-13)21-15(3)24)23-22-18-9-5-7-16-14(2)6-4-8-17(16)18/h4-12H,1-3H3,(H,21,24). The summed E-state index contributed by atoms with van der Waals surface area (Å²) in [5.74, 6) is -0.127. The molecule has 0 saturated carbocycles. The molecule has 0 aromatic heterocycles. The van der Waals surface area contributed by atoms with E-state index >= 15 is 0 Å². The maximum absolute atomic E-state index is 11.4. The number of hydrogen-bond donors (Lipinski definition) is 1. The molecule has 0 bridgehead atoms. The highest BCUT2D eigenvalue weighted by Gasteiger charge is 2.05. The zero-order valence-electron chi connectivity index (χ0n) is 14.0. The van der Waals surface area contributed by atoms with Gasteiger partial charge in [-0.05, 0) is 48.6 Å². The van der Waals surface area contributed by atoms with Crippen LogP contribution >= 0.6 is 0 Å². The van der Waals surface area contributed by atoms with Crippen molar-refractivity contribution in [1.29, 1.82) is 0 Å². The molecule has 0 unspecified atom stereocenters. The first-order valence-electron chi connectivity index (χ1n) is 7.83. The Morgan fingerprint density at radius 2 is 1.58 bits per heavy atom. The van der Waals surface area contributed by atoms with Gasteiger partial charge in [-0.25, -0.2) is 0 Å². The van der Waals surface area contributed by atoms with Gasteiger partial charge in [0.2, 0.25) is 5.91 Å². The van der Waals surface area contributed by atoms with Crippen molar-refractivity contribution in [2.24, 2.45) is 10.2 Å². The van der Waals surface area contributed by atoms with Crippen molar-refractivity contribution >= 4 is 33.7 Å². The Bertz CT molecular complexity index is 945. The number of amides is 1. The number of carbonyl (C=O) groups is 1. The van der Waals surface area contributed by atoms with Crippen LogP contribution in [-0.2, 0) is 4.79 Å². The predicted molar refractivity (Wildman–Crippen MR) is 98.3 cm³/mol. The first kappa shape index (κ1) is 15.9. The summed E-state index contributed by atoms with van der Waals surface area (Å²) in [7, 11) is 0. The SMILES string of the molecule is CC(=O)Nc1cc(C)ccc1N=Nc1cccc2c(C)cccc12. The lowest BCUT2D eigenvalue weighted by atomic mass is 10.0. The van der Waals surface area contributed by atoms with Gasteiger partial charge >= 0.3 is 0 Å². The molecule has 0 aliphatic carbocycles. The second-order valence-electron chi connectivity index (χ2n) is 5.85. The van der Waals surface area contributed by atoms with Crippen molar-refractivity contribution < 1.29 is 4.79 Å². The van der Waals surface area contributed by atoms with E-state index in [4.69, 9.17) is 0 Å². The minimum Gasteiger partial charge on any atom is -0.324 e. The Morgan fingerprint density at radius 1 is 0.875 bits per heavy atom. The lowest BCUT2D eigenvalue weighted by Gasteiger charge is -2.07. The number of benzene rings is 3. The highest BCUT2D eigenvalue weighted by atomic mass is 16.1. The van der Waals surface area contributed by atoms with Gasteiger partial charge in [-0.15, -0.1) is 10.2 Å². The number of nitrogens with zero attached hydrogens (tertiary/aromatic N) is 2. The van der Waals surface area contributed by atoms with E-state index in [1.807, 2.05) is 49.4 Å². The molecule has 3 rings (SSSR count). The molecule has 0 spiro atoms. The molecule has 0 atom stereocenters. The Kier molecular flexibility index (Phi) is 4.38. The molecule has 1 amide bonds. The van der Waals surface area contributed by atoms with Crippen molar-refractivity contribution in [1.82, 2.24) is 0 Å². The molecule has 0 radical (unpaired) electrons. The molecule has 3 aromatic rings. The molecule has 0 saturated heterocycles. The Morgan fingerprint density at radius 3 is 2.38 bits per heavy atom. The Balaban J connectivity index is 2.03. The normalized spacial score (nSPS) is 11.1. The fraction of sp³-hybridized carbons (Fsp3) is 0.150. The van der Waals surface area contributed by atoms with Crippen LogP contribution in [0.25, 0.3) is 10.8 Å². The van der Waals surface area contributed by atoms with Crippen molar-refractivity contribution in [2.75, 3.05) is 5.32 Å². The van der Waals surface area contributed by atoms with E-state index in [0.717, 1.165) is 16.6 Å². The van der Waals surface area contributed by atoms with Crippen LogP contribution in [0.4, 0.5) is 17.1 Å². The zero-order chi connectivity index (χ0) is 17.1. The van der Waals surface area contributed by atoms with Gasteiger partial charge in [-0.1, -0.05) is 36.4 Å². The quantitative estimate of drug-likeness (QED) is 0.607. The lowest BCUT2D eigenvalue weighted by molar-refractivity contribution is -0.114. The number of nitrogens with one attached hydrogen (secondary N) is 1. The second-order valence-corrected chi connectivity index (χ2v) is 5.85. The number of azo groups is 1. The number of carbonyl (C=O) groups excluding carboxylic acids is 1. The topological polar surface area (TPSA) is 53.8 Å². The largest absolute Gasteiger partial charge is 0.324 e. The van der Waals surface area contributed by atoms with E-state index in [2.05, 4.69) is 34.6 Å². The summed E-state index contributed by atoms with van der Waals surface area (Å²) in [5, 5.41) is 13.8. The van der Waals surface area contributed by atoms with Crippen LogP contribution in [0.5, 0.6) is 0 Å². The number of fused-ring (bicyclic) bond motifs is 1. The maximum Gasteiger partial charge on any atom is 0.221 e. The number of aryl methyl sites for hydroxylation is 2. The van der Waals surface area contributed by atoms with E-state index in [-0.39, 0.29) is 5.91 Å². The van der Waals surface area contributed by atoms with Crippen molar-refractivity contribution in [2.45, 2.75) is 20.8 Å². The third kappa shape index (κ3) is 3.33. The molecular weight excluding hydrogens is 298 g/mol. The lowest BCUT2D eigenvalue weighted by Crippen LogP contribution is -2.05. The number of hydrogen-bond acceptors (Lipinski definition) is 3. The van der Waals surface area contributed by atoms with Gasteiger partial charge in [0.1, 0.15) is 5.69 Å². The second kappa shape index (κ2) is 6.62. The zero-order valence-corrected chi connectivity index (χ0v) is 14.0. The predicted octanol–water partition coefficient (Wildman–Crippen LogP) is 5.83. The van der Waals surface area contributed by atoms with Crippen LogP contribution in [0.1, 0.15) is 18.1 Å². The molecule has 120 valence electrons. The molecule has 3 aromatic carbocycles. The van der Waals surface area contributed by atoms with E-state index in [9.17, 15) is 4.79 Å². The molecule has 0 aliphatic heterocycles. The molecule has 1 N–H and O–H groups in total. The summed E-state index contributed by atoms with van der Waals surface area (Å²) in [6, 6.07) is 17.9. The highest BCUT2D eigenvalue weighted by molar-refractivity contribution is 5.95. The molecule has 4 nitrogen and oxygen atoms in total. The van der Waals surface area contributed by atoms with Gasteiger partial charge in [-0.3, -0.25) is 4.79 Å². The fourth-order valence-corrected chi connectivity index (χ4v) is 2.67. The van der Waals surface area contributed by atoms with Crippen LogP contribution in [0.15, 0.2) is 64.8 Å². The Labute approximate surface area is 141 Å². The van der Waals surface area contributed by atoms with Crippen LogP contribution in [0, 0.1) is 13.8 Å². The third-order valence-electron chi connectivity index (χ3n) is 3.85. The summed E-state index contributed by atoms with van der Waals surface area (Å²) >= 11 is 0. The van der Waals surface area contributed by atoms with Crippen LogP contribution in [0.3, 0.4) is 0 Å². The van der Waals surface area contributed by atoms with Gasteiger partial charge in [0, 0.05) is 12.3 Å². The molecule has 24 heavy (non-hydrogen) atoms. The molecule has 4 heteroatoms. The van der Waals surface area contributed by atoms with Crippen LogP contribution in [-0.4, -0.2) is 5.91 Å². The summed E-state index contributed by atoms with van der Waals surface area (Å²) in [4.78, 5) is 11.4. The monoisotopic (exact) mass is 317 g/mol. The summed E-state index contributed by atoms with van der Waals surface area (Å²) < 4.78 is 0. The van der Waals surface area contributed by atoms with Gasteiger partial charge in [0.05, 0.1) is 11.4 Å². The number of rotatable bonds is 3. The van der Waals surface area contributed by atoms with E-state index in [1.165, 1.54) is 17.9 Å². The third-order valence-corrected chi connectivity index (χ3v) is 3.85. The highest BCUT2D eigenvalue weighted by Crippen LogP contribution is 2.32. The van der Waals surface area contributed by atoms with Gasteiger partial charge in [-0.2, -0.15) is 0 Å². The average Bonchev–Trinajstić information content (AvgIpc) is 2.54. The van der Waals surface area contributed by atoms with Gasteiger partial charge < -0.3 is 5.32 Å². The van der Waals surface area contributed by atoms with E-state index in [0.29, 0.717) is 11.4 Å². The maximum atomic E-state index is 11.4. The van der Waals surface area contributed by atoms with E-state index in [1.54, 1.807) is 0 Å². The van der Waals surface area contributed by atoms with Crippen LogP contribution < -0.4 is 5.32 Å². The van der Waals surface area contributed by atoms with Crippen molar-refractivity contribution in [3.05, 3.63) is 65.7 Å². The number of anilines is 1. The van der Waals surface area contributed by atoms with Crippen molar-refractivity contribution in [3.63, 3.8) is 0 Å². The van der Waals surface area contributed by atoms with Gasteiger partial charge in [0.25, 0.3) is 0 Å². The summed E-state index contributed by atoms with van der Waals surface area (Å²) in [6.45, 7) is 5.54. The first-order valence-corrected chi connectivity index (χ1v) is 7.83. The fourth-order valence-electron chi connectivity index (χ4n) is 2.67. The van der Waals surface area contributed by atoms with Crippen molar-refractivity contribution in [3.8, 4) is 0 Å². The first-order chi connectivity index (χ1) is 11.5. The summed E-state index contributed by atoms with van der Waals surface area (Å²) in [6.07, 6.45) is 0. The molecular formula is C20H19N3O. The molecule has 0 aliphatic rings. The van der Waals surface area contributed by atoms with Crippen LogP contribution in [0.2, 0.25) is 0 Å². The minimum absolute atomic E-state index is 0.127. The van der Waals surface area contributed by atoms with Gasteiger partial charge in [0.15, 0.2) is 0 Å². The smallest absolute Gasteiger partial charge is 0.221 e. The minimum atomic E-state index is -0.127. The molecule has 0 heterocycles. The van der Waals surface area contributed by atoms with E-state index < -0.39 is 0 Å². The Hall–Kier alpha value is -3.01. The molecule has 0 fully saturated rings. The summed E-state index contributed by atoms with van der Waals surface area (Å²) in [5.41, 5.74) is 4.38.